The maximum absolute atomic E-state index is 12.6. The summed E-state index contributed by atoms with van der Waals surface area (Å²) in [4.78, 5) is 26.6. The first-order chi connectivity index (χ1) is 12.9. The third-order valence-electron chi connectivity index (χ3n) is 4.36. The molecule has 6 nitrogen and oxygen atoms in total. The molecule has 0 bridgehead atoms. The van der Waals surface area contributed by atoms with E-state index >= 15 is 0 Å². The third-order valence-corrected chi connectivity index (χ3v) is 5.10. The fourth-order valence-corrected chi connectivity index (χ4v) is 3.24. The minimum absolute atomic E-state index is 0.113. The topological polar surface area (TPSA) is 67.9 Å². The van der Waals surface area contributed by atoms with Crippen LogP contribution in [-0.2, 0) is 9.59 Å². The van der Waals surface area contributed by atoms with Crippen molar-refractivity contribution in [2.24, 2.45) is 5.92 Å². The molecule has 1 aliphatic heterocycles. The van der Waals surface area contributed by atoms with Gasteiger partial charge in [-0.15, -0.1) is 0 Å². The van der Waals surface area contributed by atoms with Gasteiger partial charge in [0.25, 0.3) is 0 Å². The maximum Gasteiger partial charge on any atom is 0.229 e. The van der Waals surface area contributed by atoms with E-state index in [2.05, 4.69) is 5.32 Å². The first kappa shape index (κ1) is 19.3. The summed E-state index contributed by atoms with van der Waals surface area (Å²) >= 11 is 11.9. The number of halogens is 2. The molecule has 2 aromatic carbocycles. The maximum atomic E-state index is 12.6. The van der Waals surface area contributed by atoms with Gasteiger partial charge in [-0.1, -0.05) is 23.2 Å². The van der Waals surface area contributed by atoms with E-state index in [1.54, 1.807) is 48.4 Å². The van der Waals surface area contributed by atoms with Crippen LogP contribution in [0.25, 0.3) is 0 Å². The lowest BCUT2D eigenvalue weighted by Gasteiger charge is -2.20. The van der Waals surface area contributed by atoms with Crippen LogP contribution >= 0.6 is 23.2 Å². The molecule has 1 atom stereocenters. The molecule has 1 fully saturated rings. The zero-order valence-electron chi connectivity index (χ0n) is 14.8. The van der Waals surface area contributed by atoms with Gasteiger partial charge >= 0.3 is 0 Å². The fraction of sp³-hybridized carbons (Fsp3) is 0.263. The van der Waals surface area contributed by atoms with E-state index in [0.29, 0.717) is 32.9 Å². The summed E-state index contributed by atoms with van der Waals surface area (Å²) in [7, 11) is 3.08. The minimum Gasteiger partial charge on any atom is -0.497 e. The number of nitrogens with zero attached hydrogens (tertiary/aromatic N) is 1. The summed E-state index contributed by atoms with van der Waals surface area (Å²) in [5.74, 6) is 0.243. The van der Waals surface area contributed by atoms with E-state index in [0.717, 1.165) is 0 Å². The highest BCUT2D eigenvalue weighted by Gasteiger charge is 2.36. The second-order valence-corrected chi connectivity index (χ2v) is 6.88. The SMILES string of the molecule is COc1ccc(N2C[C@@H](C(=O)Nc3ccc(Cl)c(Cl)c3)CC2=O)c(OC)c1. The van der Waals surface area contributed by atoms with E-state index in [1.807, 2.05) is 0 Å². The van der Waals surface area contributed by atoms with Crippen molar-refractivity contribution in [3.63, 3.8) is 0 Å². The Morgan fingerprint density at radius 1 is 1.11 bits per heavy atom. The first-order valence-electron chi connectivity index (χ1n) is 8.21. The summed E-state index contributed by atoms with van der Waals surface area (Å²) in [6.45, 7) is 0.259. The van der Waals surface area contributed by atoms with Gasteiger partial charge < -0.3 is 19.7 Å². The molecular formula is C19H18Cl2N2O4. The molecule has 1 aliphatic rings. The van der Waals surface area contributed by atoms with Gasteiger partial charge in [-0.05, 0) is 30.3 Å². The van der Waals surface area contributed by atoms with Crippen LogP contribution in [0.3, 0.4) is 0 Å². The van der Waals surface area contributed by atoms with Crippen molar-refractivity contribution in [2.75, 3.05) is 31.0 Å². The predicted molar refractivity (Wildman–Crippen MR) is 105 cm³/mol. The monoisotopic (exact) mass is 408 g/mol. The van der Waals surface area contributed by atoms with Crippen molar-refractivity contribution in [1.29, 1.82) is 0 Å². The highest BCUT2D eigenvalue weighted by Crippen LogP contribution is 2.36. The Bertz CT molecular complexity index is 888. The Labute approximate surface area is 167 Å². The van der Waals surface area contributed by atoms with E-state index < -0.39 is 5.92 Å². The number of carbonyl (C=O) groups excluding carboxylic acids is 2. The van der Waals surface area contributed by atoms with Crippen LogP contribution in [0.15, 0.2) is 36.4 Å². The lowest BCUT2D eigenvalue weighted by molar-refractivity contribution is -0.122. The van der Waals surface area contributed by atoms with Crippen LogP contribution < -0.4 is 19.7 Å². The smallest absolute Gasteiger partial charge is 0.229 e. The molecule has 0 aromatic heterocycles. The number of nitrogens with one attached hydrogen (secondary N) is 1. The molecule has 3 rings (SSSR count). The van der Waals surface area contributed by atoms with E-state index in [9.17, 15) is 9.59 Å². The number of ether oxygens (including phenoxy) is 2. The molecule has 2 amide bonds. The van der Waals surface area contributed by atoms with E-state index in [1.165, 1.54) is 7.11 Å². The average Bonchev–Trinajstić information content (AvgIpc) is 3.05. The lowest BCUT2D eigenvalue weighted by atomic mass is 10.1. The Hall–Kier alpha value is -2.44. The zero-order chi connectivity index (χ0) is 19.6. The molecule has 1 saturated heterocycles. The summed E-state index contributed by atoms with van der Waals surface area (Å²) in [5, 5.41) is 3.53. The van der Waals surface area contributed by atoms with Gasteiger partial charge in [0.15, 0.2) is 0 Å². The molecule has 0 saturated carbocycles. The van der Waals surface area contributed by atoms with E-state index in [4.69, 9.17) is 32.7 Å². The van der Waals surface area contributed by atoms with Crippen LogP contribution in [0.5, 0.6) is 11.5 Å². The van der Waals surface area contributed by atoms with Crippen molar-refractivity contribution in [2.45, 2.75) is 6.42 Å². The highest BCUT2D eigenvalue weighted by atomic mass is 35.5. The highest BCUT2D eigenvalue weighted by molar-refractivity contribution is 6.42. The molecule has 2 aromatic rings. The Kier molecular flexibility index (Phi) is 5.77. The number of methoxy groups -OCH3 is 2. The quantitative estimate of drug-likeness (QED) is 0.811. The molecule has 27 heavy (non-hydrogen) atoms. The molecule has 0 radical (unpaired) electrons. The molecule has 0 unspecified atom stereocenters. The van der Waals surface area contributed by atoms with Gasteiger partial charge in [0, 0.05) is 24.7 Å². The summed E-state index contributed by atoms with van der Waals surface area (Å²) in [6.07, 6.45) is 0.113. The molecular weight excluding hydrogens is 391 g/mol. The van der Waals surface area contributed by atoms with Crippen molar-refractivity contribution < 1.29 is 19.1 Å². The van der Waals surface area contributed by atoms with Gasteiger partial charge in [0.2, 0.25) is 11.8 Å². The Morgan fingerprint density at radius 2 is 1.89 bits per heavy atom. The summed E-state index contributed by atoms with van der Waals surface area (Å²) in [5.41, 5.74) is 1.13. The third kappa shape index (κ3) is 4.12. The number of benzene rings is 2. The van der Waals surface area contributed by atoms with Crippen molar-refractivity contribution in [1.82, 2.24) is 0 Å². The molecule has 142 valence electrons. The van der Waals surface area contributed by atoms with Crippen LogP contribution in [-0.4, -0.2) is 32.6 Å². The lowest BCUT2D eigenvalue weighted by Crippen LogP contribution is -2.28. The zero-order valence-corrected chi connectivity index (χ0v) is 16.3. The largest absolute Gasteiger partial charge is 0.497 e. The van der Waals surface area contributed by atoms with Gasteiger partial charge in [-0.2, -0.15) is 0 Å². The Balaban J connectivity index is 1.75. The van der Waals surface area contributed by atoms with Crippen LogP contribution in [0.4, 0.5) is 11.4 Å². The first-order valence-corrected chi connectivity index (χ1v) is 8.97. The summed E-state index contributed by atoms with van der Waals surface area (Å²) < 4.78 is 10.5. The van der Waals surface area contributed by atoms with Gasteiger partial charge in [-0.25, -0.2) is 0 Å². The molecule has 1 heterocycles. The molecule has 0 spiro atoms. The second-order valence-electron chi connectivity index (χ2n) is 6.06. The number of rotatable bonds is 5. The second kappa shape index (κ2) is 8.06. The van der Waals surface area contributed by atoms with E-state index in [-0.39, 0.29) is 24.8 Å². The van der Waals surface area contributed by atoms with Crippen molar-refractivity contribution in [3.8, 4) is 11.5 Å². The average molecular weight is 409 g/mol. The standard InChI is InChI=1S/C19H18Cl2N2O4/c1-26-13-4-6-16(17(9-13)27-2)23-10-11(7-18(23)24)19(25)22-12-3-5-14(20)15(21)8-12/h3-6,8-9,11H,7,10H2,1-2H3,(H,22,25)/t11-/m0/s1. The van der Waals surface area contributed by atoms with Gasteiger partial charge in [0.1, 0.15) is 11.5 Å². The number of hydrogen-bond acceptors (Lipinski definition) is 4. The molecule has 1 N–H and O–H groups in total. The van der Waals surface area contributed by atoms with Crippen LogP contribution in [0.1, 0.15) is 6.42 Å². The number of anilines is 2. The number of hydrogen-bond donors (Lipinski definition) is 1. The normalized spacial score (nSPS) is 16.4. The molecule has 0 aliphatic carbocycles. The van der Waals surface area contributed by atoms with Crippen LogP contribution in [0, 0.1) is 5.92 Å². The van der Waals surface area contributed by atoms with Crippen LogP contribution in [0.2, 0.25) is 10.0 Å². The summed E-state index contributed by atoms with van der Waals surface area (Å²) in [6, 6.07) is 10.0. The molecule has 8 heteroatoms. The minimum atomic E-state index is -0.487. The van der Waals surface area contributed by atoms with Gasteiger partial charge in [0.05, 0.1) is 35.9 Å². The number of amides is 2. The van der Waals surface area contributed by atoms with Gasteiger partial charge in [-0.3, -0.25) is 9.59 Å². The fourth-order valence-electron chi connectivity index (χ4n) is 2.94. The Morgan fingerprint density at radius 3 is 2.56 bits per heavy atom. The number of carbonyl (C=O) groups is 2. The van der Waals surface area contributed by atoms with Crippen molar-refractivity contribution in [3.05, 3.63) is 46.4 Å². The predicted octanol–water partition coefficient (Wildman–Crippen LogP) is 4.00. The van der Waals surface area contributed by atoms with Crippen molar-refractivity contribution >= 4 is 46.4 Å².